The highest BCUT2D eigenvalue weighted by molar-refractivity contribution is 7.88. The summed E-state index contributed by atoms with van der Waals surface area (Å²) < 4.78 is 82.4. The monoisotopic (exact) mass is 762 g/mol. The van der Waals surface area contributed by atoms with Gasteiger partial charge in [-0.05, 0) is 70.6 Å². The van der Waals surface area contributed by atoms with Gasteiger partial charge in [0.2, 0.25) is 5.91 Å². The summed E-state index contributed by atoms with van der Waals surface area (Å²) >= 11 is 0. The number of rotatable bonds is 9. The summed E-state index contributed by atoms with van der Waals surface area (Å²) in [6.07, 6.45) is 2.86. The minimum atomic E-state index is -4.68. The number of aromatic nitrogens is 3. The van der Waals surface area contributed by atoms with Gasteiger partial charge in [-0.3, -0.25) is 4.79 Å². The number of urea groups is 1. The van der Waals surface area contributed by atoms with Gasteiger partial charge in [-0.2, -0.15) is 26.7 Å². The maximum atomic E-state index is 13.9. The molecular formula is C35H41F3N6O8S. The topological polar surface area (TPSA) is 171 Å². The number of alkyl halides is 3. The lowest BCUT2D eigenvalue weighted by atomic mass is 10.1. The van der Waals surface area contributed by atoms with Crippen molar-refractivity contribution in [3.05, 3.63) is 53.9 Å². The van der Waals surface area contributed by atoms with E-state index in [-0.39, 0.29) is 31.0 Å². The van der Waals surface area contributed by atoms with Crippen LogP contribution in [-0.2, 0) is 30.1 Å². The van der Waals surface area contributed by atoms with Gasteiger partial charge in [0.1, 0.15) is 27.8 Å². The number of benzene rings is 1. The molecule has 3 aliphatic rings. The van der Waals surface area contributed by atoms with E-state index in [1.54, 1.807) is 32.2 Å². The number of amides is 3. The van der Waals surface area contributed by atoms with Gasteiger partial charge in [-0.15, -0.1) is 0 Å². The van der Waals surface area contributed by atoms with Crippen LogP contribution in [0.25, 0.3) is 16.7 Å². The minimum absolute atomic E-state index is 0.0216. The van der Waals surface area contributed by atoms with Gasteiger partial charge in [0, 0.05) is 49.1 Å². The number of halogens is 3. The molecule has 3 atom stereocenters. The molecule has 2 fully saturated rings. The van der Waals surface area contributed by atoms with Crippen LogP contribution in [0.2, 0.25) is 0 Å². The molecule has 0 bridgehead atoms. The molecule has 0 radical (unpaired) electrons. The molecule has 0 spiro atoms. The van der Waals surface area contributed by atoms with Gasteiger partial charge >= 0.3 is 28.3 Å². The van der Waals surface area contributed by atoms with Gasteiger partial charge in [0.05, 0.1) is 19.2 Å². The Bertz CT molecular complexity index is 2070. The first-order chi connectivity index (χ1) is 25.0. The van der Waals surface area contributed by atoms with Crippen LogP contribution < -0.4 is 20.1 Å². The zero-order valence-corrected chi connectivity index (χ0v) is 30.5. The second-order valence-corrected chi connectivity index (χ2v) is 16.0. The lowest BCUT2D eigenvalue weighted by Gasteiger charge is -2.26. The van der Waals surface area contributed by atoms with Crippen molar-refractivity contribution in [2.45, 2.75) is 81.3 Å². The van der Waals surface area contributed by atoms with Gasteiger partial charge < -0.3 is 29.2 Å². The van der Waals surface area contributed by atoms with Crippen molar-refractivity contribution >= 4 is 38.9 Å². The number of carbonyl (C=O) groups excluding carboxylic acids is 3. The van der Waals surface area contributed by atoms with Gasteiger partial charge in [-0.25, -0.2) is 19.3 Å². The first-order valence-electron chi connectivity index (χ1n) is 17.2. The number of ether oxygens (including phenoxy) is 2. The molecule has 0 unspecified atom stereocenters. The van der Waals surface area contributed by atoms with E-state index >= 15 is 0 Å². The molecule has 2 N–H and O–H groups in total. The van der Waals surface area contributed by atoms with Gasteiger partial charge in [-0.1, -0.05) is 12.2 Å². The Balaban J connectivity index is 1.28. The Morgan fingerprint density at radius 2 is 1.89 bits per heavy atom. The fourth-order valence-electron chi connectivity index (χ4n) is 6.17. The second kappa shape index (κ2) is 14.2. The third-order valence-corrected chi connectivity index (χ3v) is 12.0. The van der Waals surface area contributed by atoms with E-state index in [4.69, 9.17) is 13.7 Å². The molecule has 53 heavy (non-hydrogen) atoms. The Hall–Kier alpha value is -4.87. The zero-order valence-electron chi connectivity index (χ0n) is 29.7. The Morgan fingerprint density at radius 3 is 2.57 bits per heavy atom. The summed E-state index contributed by atoms with van der Waals surface area (Å²) in [7, 11) is -1.20. The van der Waals surface area contributed by atoms with Gasteiger partial charge in [0.25, 0.3) is 0 Å². The van der Waals surface area contributed by atoms with E-state index in [1.807, 2.05) is 6.08 Å². The molecule has 1 aromatic carbocycles. The SMILES string of the molecule is COc1ccc2c(OCC[C@@H]3NC(=O)N(C)CCCCC=C[C@@H]4C[C@@]4(C(=O)OS(=O)(=O)C4(C)CC4)NC3=O)cc(-n3ccc(C(F)(F)F)n3)nc2c1C. The van der Waals surface area contributed by atoms with E-state index in [9.17, 15) is 36.0 Å². The highest BCUT2D eigenvalue weighted by Gasteiger charge is 2.64. The standard InChI is InChI=1S/C35H41F3N6O8S/c1-21-25(50-4)11-10-23-26(19-28(40-29(21)23)44-17-12-27(42-44)35(36,37)38)51-18-13-24-30(45)41-34(31(46)52-53(48,49)33(2)14-15-33)20-22(34)9-7-5-6-8-16-43(3)32(47)39-24/h7,9-12,17,19,22,24H,5-6,8,13-16,18,20H2,1-4H3,(H,39,47)(H,41,45)/t22-,24+,34-/m1/s1. The maximum Gasteiger partial charge on any atom is 0.435 e. The summed E-state index contributed by atoms with van der Waals surface area (Å²) in [4.78, 5) is 46.7. The van der Waals surface area contributed by atoms with Crippen LogP contribution in [-0.4, -0.2) is 89.6 Å². The van der Waals surface area contributed by atoms with Crippen molar-refractivity contribution in [2.75, 3.05) is 27.3 Å². The van der Waals surface area contributed by atoms with Crippen molar-refractivity contribution < 1.29 is 49.6 Å². The molecule has 2 saturated carbocycles. The van der Waals surface area contributed by atoms with E-state index in [0.29, 0.717) is 54.4 Å². The number of hydrogen-bond acceptors (Lipinski definition) is 10. The third-order valence-electron chi connectivity index (χ3n) is 10.0. The third kappa shape index (κ3) is 7.77. The van der Waals surface area contributed by atoms with Crippen LogP contribution in [0, 0.1) is 12.8 Å². The number of nitrogens with zero attached hydrogens (tertiary/aromatic N) is 4. The Morgan fingerprint density at radius 1 is 1.13 bits per heavy atom. The summed E-state index contributed by atoms with van der Waals surface area (Å²) in [6.45, 7) is 3.45. The lowest BCUT2D eigenvalue weighted by Crippen LogP contribution is -2.56. The van der Waals surface area contributed by atoms with E-state index in [0.717, 1.165) is 23.4 Å². The molecule has 2 aromatic heterocycles. The van der Waals surface area contributed by atoms with Crippen LogP contribution in [0.15, 0.2) is 42.6 Å². The predicted octanol–water partition coefficient (Wildman–Crippen LogP) is 4.58. The van der Waals surface area contributed by atoms with E-state index in [1.165, 1.54) is 25.0 Å². The smallest absolute Gasteiger partial charge is 0.435 e. The summed E-state index contributed by atoms with van der Waals surface area (Å²) in [5, 5.41) is 9.54. The predicted molar refractivity (Wildman–Crippen MR) is 185 cm³/mol. The van der Waals surface area contributed by atoms with Crippen LogP contribution in [0.5, 0.6) is 11.5 Å². The normalized spacial score (nSPS) is 23.3. The molecule has 1 aliphatic heterocycles. The average molecular weight is 763 g/mol. The van der Waals surface area contributed by atoms with Gasteiger partial charge in [0.15, 0.2) is 11.5 Å². The number of allylic oxidation sites excluding steroid dienone is 1. The number of nitrogens with one attached hydrogen (secondary N) is 2. The molecule has 18 heteroatoms. The molecule has 0 saturated heterocycles. The highest BCUT2D eigenvalue weighted by atomic mass is 32.2. The summed E-state index contributed by atoms with van der Waals surface area (Å²) in [6, 6.07) is 3.79. The molecule has 3 aromatic rings. The molecule has 2 aliphatic carbocycles. The Labute approximate surface area is 304 Å². The zero-order chi connectivity index (χ0) is 38.3. The van der Waals surface area contributed by atoms with Crippen molar-refractivity contribution in [3.63, 3.8) is 0 Å². The summed E-state index contributed by atoms with van der Waals surface area (Å²) in [5.74, 6) is -1.67. The summed E-state index contributed by atoms with van der Waals surface area (Å²) in [5.41, 5.74) is -1.81. The number of pyridine rings is 1. The highest BCUT2D eigenvalue weighted by Crippen LogP contribution is 2.49. The quantitative estimate of drug-likeness (QED) is 0.233. The average Bonchev–Trinajstić information content (AvgIpc) is 3.96. The first kappa shape index (κ1) is 37.9. The number of carbonyl (C=O) groups is 3. The van der Waals surface area contributed by atoms with Crippen molar-refractivity contribution in [1.82, 2.24) is 30.3 Å². The number of methoxy groups -OCH3 is 1. The second-order valence-electron chi connectivity index (χ2n) is 13.9. The first-order valence-corrected chi connectivity index (χ1v) is 18.6. The Kier molecular flexibility index (Phi) is 10.1. The molecule has 14 nitrogen and oxygen atoms in total. The molecule has 6 rings (SSSR count). The van der Waals surface area contributed by atoms with Crippen LogP contribution in [0.4, 0.5) is 18.0 Å². The van der Waals surface area contributed by atoms with E-state index < -0.39 is 62.1 Å². The molecule has 3 heterocycles. The maximum absolute atomic E-state index is 13.9. The fourth-order valence-corrected chi connectivity index (χ4v) is 7.32. The van der Waals surface area contributed by atoms with Crippen molar-refractivity contribution in [3.8, 4) is 17.3 Å². The number of fused-ring (bicyclic) bond motifs is 2. The largest absolute Gasteiger partial charge is 0.496 e. The van der Waals surface area contributed by atoms with E-state index in [2.05, 4.69) is 20.7 Å². The molecule has 286 valence electrons. The number of aryl methyl sites for hydroxylation is 1. The molecule has 3 amide bonds. The van der Waals surface area contributed by atoms with Crippen LogP contribution in [0.1, 0.15) is 63.1 Å². The lowest BCUT2D eigenvalue weighted by molar-refractivity contribution is -0.141. The number of hydrogen-bond donors (Lipinski definition) is 2. The van der Waals surface area contributed by atoms with Crippen molar-refractivity contribution in [1.29, 1.82) is 0 Å². The minimum Gasteiger partial charge on any atom is -0.496 e. The van der Waals surface area contributed by atoms with Crippen molar-refractivity contribution in [2.24, 2.45) is 5.92 Å². The van der Waals surface area contributed by atoms with Crippen LogP contribution in [0.3, 0.4) is 0 Å². The molecular weight excluding hydrogens is 721 g/mol. The van der Waals surface area contributed by atoms with Crippen LogP contribution >= 0.6 is 0 Å². The fraction of sp³-hybridized carbons (Fsp3) is 0.514.